The van der Waals surface area contributed by atoms with Crippen LogP contribution in [0.2, 0.25) is 0 Å². The summed E-state index contributed by atoms with van der Waals surface area (Å²) in [6.45, 7) is 13.0. The van der Waals surface area contributed by atoms with Crippen LogP contribution in [-0.2, 0) is 11.2 Å². The number of nitro benzene ring substituents is 1. The van der Waals surface area contributed by atoms with E-state index < -0.39 is 5.41 Å². The molecule has 0 aliphatic carbocycles. The molecule has 1 heterocycles. The van der Waals surface area contributed by atoms with E-state index in [1.807, 2.05) is 27.7 Å². The van der Waals surface area contributed by atoms with Crippen molar-refractivity contribution in [3.8, 4) is 0 Å². The zero-order valence-electron chi connectivity index (χ0n) is 16.9. The minimum atomic E-state index is -0.565. The molecule has 0 aromatic heterocycles. The molecule has 144 valence electrons. The zero-order chi connectivity index (χ0) is 19.6. The molecule has 1 amide bonds. The van der Waals surface area contributed by atoms with Crippen molar-refractivity contribution in [1.29, 1.82) is 0 Å². The highest BCUT2D eigenvalue weighted by Crippen LogP contribution is 2.45. The molecule has 0 radical (unpaired) electrons. The van der Waals surface area contributed by atoms with Gasteiger partial charge in [0.2, 0.25) is 5.91 Å². The maximum absolute atomic E-state index is 12.6. The fraction of sp³-hybridized carbons (Fsp3) is 0.650. The van der Waals surface area contributed by atoms with Crippen LogP contribution < -0.4 is 10.2 Å². The Kier molecular flexibility index (Phi) is 5.94. The minimum Gasteiger partial charge on any atom is -0.369 e. The van der Waals surface area contributed by atoms with Gasteiger partial charge in [-0.25, -0.2) is 0 Å². The number of benzene rings is 1. The van der Waals surface area contributed by atoms with Crippen LogP contribution in [0, 0.1) is 29.4 Å². The molecular weight excluding hydrogens is 330 g/mol. The van der Waals surface area contributed by atoms with Gasteiger partial charge in [0, 0.05) is 24.1 Å². The molecule has 0 atom stereocenters. The predicted octanol–water partition coefficient (Wildman–Crippen LogP) is 4.75. The van der Waals surface area contributed by atoms with Crippen molar-refractivity contribution in [2.75, 3.05) is 23.3 Å². The van der Waals surface area contributed by atoms with Gasteiger partial charge in [-0.15, -0.1) is 0 Å². The molecule has 0 fully saturated rings. The van der Waals surface area contributed by atoms with E-state index in [1.165, 1.54) is 0 Å². The number of fused-ring (bicyclic) bond motifs is 1. The highest BCUT2D eigenvalue weighted by Gasteiger charge is 2.34. The first-order valence-electron chi connectivity index (χ1n) is 9.46. The first-order chi connectivity index (χ1) is 12.1. The topological polar surface area (TPSA) is 75.5 Å². The zero-order valence-corrected chi connectivity index (χ0v) is 16.9. The molecule has 1 aliphatic heterocycles. The number of carbonyl (C=O) groups excluding carboxylic acids is 1. The Morgan fingerprint density at radius 1 is 1.23 bits per heavy atom. The first-order valence-corrected chi connectivity index (χ1v) is 9.46. The normalized spacial score (nSPS) is 13.7. The van der Waals surface area contributed by atoms with Crippen molar-refractivity contribution in [3.05, 3.63) is 26.8 Å². The average molecular weight is 361 g/mol. The van der Waals surface area contributed by atoms with Crippen LogP contribution in [0.3, 0.4) is 0 Å². The first kappa shape index (κ1) is 20.2. The summed E-state index contributed by atoms with van der Waals surface area (Å²) in [5.74, 6) is -0.124. The lowest BCUT2D eigenvalue weighted by molar-refractivity contribution is -0.386. The molecule has 0 unspecified atom stereocenters. The smallest absolute Gasteiger partial charge is 0.277 e. The van der Waals surface area contributed by atoms with E-state index in [4.69, 9.17) is 0 Å². The second-order valence-corrected chi connectivity index (χ2v) is 8.21. The Labute approximate surface area is 156 Å². The number of nitrogens with zero attached hydrogens (tertiary/aromatic N) is 2. The van der Waals surface area contributed by atoms with Gasteiger partial charge in [0.25, 0.3) is 5.69 Å². The second-order valence-electron chi connectivity index (χ2n) is 8.21. The van der Waals surface area contributed by atoms with Gasteiger partial charge in [0.15, 0.2) is 0 Å². The second kappa shape index (κ2) is 7.64. The highest BCUT2D eigenvalue weighted by molar-refractivity contribution is 6.00. The van der Waals surface area contributed by atoms with Crippen molar-refractivity contribution >= 4 is 23.0 Å². The van der Waals surface area contributed by atoms with Crippen LogP contribution in [0.4, 0.5) is 17.1 Å². The van der Waals surface area contributed by atoms with Crippen LogP contribution in [0.5, 0.6) is 0 Å². The monoisotopic (exact) mass is 361 g/mol. The fourth-order valence-electron chi connectivity index (χ4n) is 3.57. The number of nitro groups is 1. The molecule has 1 aromatic carbocycles. The lowest BCUT2D eigenvalue weighted by atomic mass is 9.93. The lowest BCUT2D eigenvalue weighted by Gasteiger charge is -2.26. The molecule has 1 aliphatic rings. The van der Waals surface area contributed by atoms with E-state index in [0.717, 1.165) is 55.6 Å². The van der Waals surface area contributed by atoms with Crippen LogP contribution in [0.15, 0.2) is 0 Å². The van der Waals surface area contributed by atoms with Gasteiger partial charge in [-0.05, 0) is 32.3 Å². The van der Waals surface area contributed by atoms with E-state index in [9.17, 15) is 14.9 Å². The lowest BCUT2D eigenvalue weighted by Crippen LogP contribution is -2.30. The summed E-state index contributed by atoms with van der Waals surface area (Å²) in [6.07, 6.45) is 4.16. The van der Waals surface area contributed by atoms with Crippen molar-refractivity contribution in [1.82, 2.24) is 0 Å². The number of hydrogen-bond acceptors (Lipinski definition) is 4. The van der Waals surface area contributed by atoms with Crippen molar-refractivity contribution in [2.45, 2.75) is 67.2 Å². The molecule has 0 bridgehead atoms. The van der Waals surface area contributed by atoms with Crippen LogP contribution in [0.1, 0.15) is 63.6 Å². The van der Waals surface area contributed by atoms with Crippen molar-refractivity contribution in [2.24, 2.45) is 5.41 Å². The van der Waals surface area contributed by atoms with Crippen molar-refractivity contribution in [3.63, 3.8) is 0 Å². The number of hydrogen-bond donors (Lipinski definition) is 1. The predicted molar refractivity (Wildman–Crippen MR) is 106 cm³/mol. The number of unbranched alkanes of at least 4 members (excludes halogenated alkanes) is 2. The Morgan fingerprint density at radius 2 is 1.88 bits per heavy atom. The van der Waals surface area contributed by atoms with Gasteiger partial charge < -0.3 is 10.2 Å². The number of amides is 1. The Hall–Kier alpha value is -2.11. The molecule has 6 nitrogen and oxygen atoms in total. The average Bonchev–Trinajstić information content (AvgIpc) is 2.94. The van der Waals surface area contributed by atoms with Gasteiger partial charge >= 0.3 is 0 Å². The standard InChI is InChI=1S/C20H31N3O3/c1-7-8-9-11-22-12-10-15-13(2)17(23(25)26)14(3)16(18(15)22)21-19(24)20(4,5)6/h7-12H2,1-6H3,(H,21,24). The molecule has 0 saturated heterocycles. The van der Waals surface area contributed by atoms with Gasteiger partial charge in [-0.3, -0.25) is 14.9 Å². The minimum absolute atomic E-state index is 0.124. The summed E-state index contributed by atoms with van der Waals surface area (Å²) in [6, 6.07) is 0. The molecular formula is C20H31N3O3. The van der Waals surface area contributed by atoms with Crippen molar-refractivity contribution < 1.29 is 9.72 Å². The van der Waals surface area contributed by atoms with Gasteiger partial charge in [0.1, 0.15) is 0 Å². The Morgan fingerprint density at radius 3 is 2.42 bits per heavy atom. The summed E-state index contributed by atoms with van der Waals surface area (Å²) in [7, 11) is 0. The summed E-state index contributed by atoms with van der Waals surface area (Å²) < 4.78 is 0. The summed E-state index contributed by atoms with van der Waals surface area (Å²) in [5.41, 5.74) is 3.45. The molecule has 0 saturated carbocycles. The molecule has 26 heavy (non-hydrogen) atoms. The van der Waals surface area contributed by atoms with E-state index >= 15 is 0 Å². The number of carbonyl (C=O) groups is 1. The van der Waals surface area contributed by atoms with Gasteiger partial charge in [-0.2, -0.15) is 0 Å². The molecule has 1 aromatic rings. The molecule has 2 rings (SSSR count). The summed E-state index contributed by atoms with van der Waals surface area (Å²) >= 11 is 0. The summed E-state index contributed by atoms with van der Waals surface area (Å²) in [4.78, 5) is 26.2. The fourth-order valence-corrected chi connectivity index (χ4v) is 3.57. The third-order valence-corrected chi connectivity index (χ3v) is 5.14. The number of nitrogens with one attached hydrogen (secondary N) is 1. The summed E-state index contributed by atoms with van der Waals surface area (Å²) in [5, 5.41) is 14.7. The van der Waals surface area contributed by atoms with E-state index in [-0.39, 0.29) is 16.5 Å². The van der Waals surface area contributed by atoms with E-state index in [1.54, 1.807) is 6.92 Å². The van der Waals surface area contributed by atoms with Crippen LogP contribution in [-0.4, -0.2) is 23.9 Å². The Balaban J connectivity index is 2.56. The number of anilines is 2. The van der Waals surface area contributed by atoms with Gasteiger partial charge in [-0.1, -0.05) is 40.5 Å². The third-order valence-electron chi connectivity index (χ3n) is 5.14. The van der Waals surface area contributed by atoms with E-state index in [0.29, 0.717) is 11.3 Å². The molecule has 0 spiro atoms. The SMILES string of the molecule is CCCCCN1CCc2c(C)c([N+](=O)[O-])c(C)c(NC(=O)C(C)(C)C)c21. The van der Waals surface area contributed by atoms with Crippen LogP contribution >= 0.6 is 0 Å². The number of rotatable bonds is 6. The third kappa shape index (κ3) is 3.84. The van der Waals surface area contributed by atoms with Crippen LogP contribution in [0.25, 0.3) is 0 Å². The highest BCUT2D eigenvalue weighted by atomic mass is 16.6. The maximum Gasteiger partial charge on any atom is 0.277 e. The van der Waals surface area contributed by atoms with E-state index in [2.05, 4.69) is 17.1 Å². The maximum atomic E-state index is 12.6. The van der Waals surface area contributed by atoms with Gasteiger partial charge in [0.05, 0.1) is 21.9 Å². The Bertz CT molecular complexity index is 720. The largest absolute Gasteiger partial charge is 0.369 e. The quantitative estimate of drug-likeness (QED) is 0.451. The molecule has 6 heteroatoms. The molecule has 1 N–H and O–H groups in total.